The zero-order valence-corrected chi connectivity index (χ0v) is 17.3. The fourth-order valence-electron chi connectivity index (χ4n) is 3.99. The van der Waals surface area contributed by atoms with Gasteiger partial charge in [-0.25, -0.2) is 9.87 Å². The molecule has 1 aliphatic heterocycles. The molecule has 0 aliphatic carbocycles. The smallest absolute Gasteiger partial charge is 0.274 e. The van der Waals surface area contributed by atoms with E-state index in [1.165, 1.54) is 12.1 Å². The summed E-state index contributed by atoms with van der Waals surface area (Å²) in [5.74, 6) is -1.11. The number of benzene rings is 3. The zero-order valence-electron chi connectivity index (χ0n) is 17.3. The fraction of sp³-hybridized carbons (Fsp3) is 0.200. The van der Waals surface area contributed by atoms with Crippen LogP contribution in [0.1, 0.15) is 50.2 Å². The third-order valence-corrected chi connectivity index (χ3v) is 5.72. The van der Waals surface area contributed by atoms with Crippen molar-refractivity contribution in [3.05, 3.63) is 106 Å². The predicted molar refractivity (Wildman–Crippen MR) is 116 cm³/mol. The average Bonchev–Trinajstić information content (AvgIpc) is 3.34. The summed E-state index contributed by atoms with van der Waals surface area (Å²) in [7, 11) is 0. The lowest BCUT2D eigenvalue weighted by molar-refractivity contribution is 0.0359. The molecule has 0 saturated carbocycles. The topological polar surface area (TPSA) is 87.7 Å². The van der Waals surface area contributed by atoms with Crippen LogP contribution in [0.3, 0.4) is 0 Å². The molecule has 0 bridgehead atoms. The van der Waals surface area contributed by atoms with Crippen molar-refractivity contribution in [2.24, 2.45) is 0 Å². The van der Waals surface area contributed by atoms with E-state index < -0.39 is 11.5 Å². The van der Waals surface area contributed by atoms with Gasteiger partial charge in [0.05, 0.1) is 0 Å². The number of hydroxylamine groups is 1. The highest BCUT2D eigenvalue weighted by Gasteiger charge is 2.38. The van der Waals surface area contributed by atoms with Crippen LogP contribution in [0.5, 0.6) is 0 Å². The van der Waals surface area contributed by atoms with Gasteiger partial charge in [0.15, 0.2) is 0 Å². The van der Waals surface area contributed by atoms with E-state index in [4.69, 9.17) is 9.94 Å². The van der Waals surface area contributed by atoms with Gasteiger partial charge in [0, 0.05) is 24.3 Å². The number of carbonyl (C=O) groups is 2. The Bertz CT molecular complexity index is 1090. The molecule has 7 heteroatoms. The molecule has 2 amide bonds. The lowest BCUT2D eigenvalue weighted by atomic mass is 9.83. The van der Waals surface area contributed by atoms with Crippen molar-refractivity contribution in [3.63, 3.8) is 0 Å². The van der Waals surface area contributed by atoms with Gasteiger partial charge in [0.25, 0.3) is 11.8 Å². The summed E-state index contributed by atoms with van der Waals surface area (Å²) < 4.78 is 19.5. The third-order valence-electron chi connectivity index (χ3n) is 5.72. The van der Waals surface area contributed by atoms with E-state index in [0.717, 1.165) is 29.5 Å². The number of hydrogen-bond donors (Lipinski definition) is 3. The fourth-order valence-corrected chi connectivity index (χ4v) is 3.99. The van der Waals surface area contributed by atoms with Gasteiger partial charge in [-0.15, -0.1) is 0 Å². The van der Waals surface area contributed by atoms with Crippen LogP contribution >= 0.6 is 0 Å². The molecule has 0 radical (unpaired) electrons. The molecule has 0 unspecified atom stereocenters. The average molecular weight is 434 g/mol. The highest BCUT2D eigenvalue weighted by Crippen LogP contribution is 2.42. The van der Waals surface area contributed by atoms with Gasteiger partial charge in [0.2, 0.25) is 0 Å². The molecule has 1 heterocycles. The Morgan fingerprint density at radius 1 is 0.875 bits per heavy atom. The Hall–Kier alpha value is -3.55. The van der Waals surface area contributed by atoms with Gasteiger partial charge < -0.3 is 10.1 Å². The summed E-state index contributed by atoms with van der Waals surface area (Å²) in [5.41, 5.74) is 4.42. The minimum absolute atomic E-state index is 0.225. The molecule has 3 aromatic rings. The van der Waals surface area contributed by atoms with Gasteiger partial charge in [-0.2, -0.15) is 0 Å². The van der Waals surface area contributed by atoms with Gasteiger partial charge >= 0.3 is 0 Å². The lowest BCUT2D eigenvalue weighted by Gasteiger charge is -2.30. The van der Waals surface area contributed by atoms with E-state index in [2.05, 4.69) is 5.32 Å². The molecule has 0 spiro atoms. The molecule has 1 saturated heterocycles. The van der Waals surface area contributed by atoms with E-state index in [9.17, 15) is 14.0 Å². The second-order valence-electron chi connectivity index (χ2n) is 7.68. The van der Waals surface area contributed by atoms with Crippen molar-refractivity contribution in [1.82, 2.24) is 10.8 Å². The Morgan fingerprint density at radius 3 is 2.00 bits per heavy atom. The molecule has 1 aliphatic rings. The van der Waals surface area contributed by atoms with Crippen LogP contribution in [0, 0.1) is 5.82 Å². The number of amides is 2. The maximum atomic E-state index is 13.4. The Labute approximate surface area is 185 Å². The first-order chi connectivity index (χ1) is 15.5. The highest BCUT2D eigenvalue weighted by atomic mass is 19.1. The summed E-state index contributed by atoms with van der Waals surface area (Å²) in [4.78, 5) is 23.9. The van der Waals surface area contributed by atoms with Crippen LogP contribution in [0.15, 0.2) is 72.8 Å². The highest BCUT2D eigenvalue weighted by molar-refractivity contribution is 5.94. The zero-order chi connectivity index (χ0) is 22.6. The molecule has 3 aromatic carbocycles. The number of nitrogens with one attached hydrogen (secondary N) is 2. The molecular formula is C25H23FN2O4. The SMILES string of the molecule is O=C(NO)c1ccc(CNC(=O)c2ccc([C@]3(c4ccc(F)cc4)CCCO3)cc2)cc1. The summed E-state index contributed by atoms with van der Waals surface area (Å²) in [6.45, 7) is 0.919. The van der Waals surface area contributed by atoms with Gasteiger partial charge in [0.1, 0.15) is 11.4 Å². The van der Waals surface area contributed by atoms with Crippen molar-refractivity contribution in [3.8, 4) is 0 Å². The van der Waals surface area contributed by atoms with Crippen LogP contribution in [0.4, 0.5) is 4.39 Å². The Balaban J connectivity index is 1.45. The standard InChI is InChI=1S/C25H23FN2O4/c26-22-12-10-21(11-13-22)25(14-1-15-32-25)20-8-6-18(7-9-20)23(29)27-16-17-2-4-19(5-3-17)24(30)28-31/h2-13,31H,1,14-16H2,(H,27,29)(H,28,30)/t25-/m0/s1. The van der Waals surface area contributed by atoms with Crippen molar-refractivity contribution < 1.29 is 23.9 Å². The van der Waals surface area contributed by atoms with Crippen LogP contribution in [0.25, 0.3) is 0 Å². The van der Waals surface area contributed by atoms with E-state index in [1.807, 2.05) is 12.1 Å². The lowest BCUT2D eigenvalue weighted by Crippen LogP contribution is -2.27. The first kappa shape index (κ1) is 21.7. The molecule has 1 atom stereocenters. The first-order valence-electron chi connectivity index (χ1n) is 10.3. The van der Waals surface area contributed by atoms with E-state index in [0.29, 0.717) is 24.3 Å². The third kappa shape index (κ3) is 4.39. The number of rotatable bonds is 6. The Morgan fingerprint density at radius 2 is 1.44 bits per heavy atom. The maximum Gasteiger partial charge on any atom is 0.274 e. The minimum Gasteiger partial charge on any atom is -0.366 e. The molecule has 0 aromatic heterocycles. The largest absolute Gasteiger partial charge is 0.366 e. The molecular weight excluding hydrogens is 411 g/mol. The number of carbonyl (C=O) groups excluding carboxylic acids is 2. The monoisotopic (exact) mass is 434 g/mol. The van der Waals surface area contributed by atoms with Gasteiger partial charge in [-0.05, 0) is 65.9 Å². The summed E-state index contributed by atoms with van der Waals surface area (Å²) in [6.07, 6.45) is 1.69. The quantitative estimate of drug-likeness (QED) is 0.405. The minimum atomic E-state index is -0.634. The summed E-state index contributed by atoms with van der Waals surface area (Å²) in [6, 6.07) is 20.2. The predicted octanol–water partition coefficient (Wildman–Crippen LogP) is 3.93. The second kappa shape index (κ2) is 9.30. The normalized spacial score (nSPS) is 17.7. The summed E-state index contributed by atoms with van der Waals surface area (Å²) >= 11 is 0. The first-order valence-corrected chi connectivity index (χ1v) is 10.3. The van der Waals surface area contributed by atoms with Crippen molar-refractivity contribution in [1.29, 1.82) is 0 Å². The molecule has 32 heavy (non-hydrogen) atoms. The van der Waals surface area contributed by atoms with Gasteiger partial charge in [-0.1, -0.05) is 36.4 Å². The van der Waals surface area contributed by atoms with Crippen LogP contribution in [0.2, 0.25) is 0 Å². The molecule has 164 valence electrons. The molecule has 4 rings (SSSR count). The molecule has 1 fully saturated rings. The van der Waals surface area contributed by atoms with Gasteiger partial charge in [-0.3, -0.25) is 14.8 Å². The van der Waals surface area contributed by atoms with Crippen LogP contribution in [-0.4, -0.2) is 23.6 Å². The van der Waals surface area contributed by atoms with E-state index in [-0.39, 0.29) is 11.7 Å². The van der Waals surface area contributed by atoms with Crippen molar-refractivity contribution in [2.75, 3.05) is 6.61 Å². The van der Waals surface area contributed by atoms with Crippen molar-refractivity contribution >= 4 is 11.8 Å². The molecule has 6 nitrogen and oxygen atoms in total. The number of hydrogen-bond acceptors (Lipinski definition) is 4. The van der Waals surface area contributed by atoms with Crippen molar-refractivity contribution in [2.45, 2.75) is 25.0 Å². The molecule has 3 N–H and O–H groups in total. The van der Waals surface area contributed by atoms with Crippen LogP contribution in [-0.2, 0) is 16.9 Å². The van der Waals surface area contributed by atoms with E-state index >= 15 is 0 Å². The maximum absolute atomic E-state index is 13.4. The summed E-state index contributed by atoms with van der Waals surface area (Å²) in [5, 5.41) is 11.5. The Kier molecular flexibility index (Phi) is 6.30. The number of halogens is 1. The van der Waals surface area contributed by atoms with E-state index in [1.54, 1.807) is 54.0 Å². The number of ether oxygens (including phenoxy) is 1. The second-order valence-corrected chi connectivity index (χ2v) is 7.68. The van der Waals surface area contributed by atoms with Crippen LogP contribution < -0.4 is 10.8 Å².